The van der Waals surface area contributed by atoms with E-state index in [0.717, 1.165) is 0 Å². The Balaban J connectivity index is 2.34. The Morgan fingerprint density at radius 3 is 2.89 bits per heavy atom. The zero-order valence-corrected chi connectivity index (χ0v) is 10.1. The van der Waals surface area contributed by atoms with Gasteiger partial charge in [-0.3, -0.25) is 29.5 Å². The maximum Gasteiger partial charge on any atom is 0.302 e. The van der Waals surface area contributed by atoms with Crippen LogP contribution in [0.1, 0.15) is 6.92 Å². The lowest BCUT2D eigenvalue weighted by atomic mass is 10.2. The number of ether oxygens (including phenoxy) is 1. The van der Waals surface area contributed by atoms with Crippen molar-refractivity contribution in [1.29, 1.82) is 0 Å². The first kappa shape index (κ1) is 12.8. The largest absolute Gasteiger partial charge is 0.464 e. The zero-order chi connectivity index (χ0) is 14.0. The molecule has 0 unspecified atom stereocenters. The fourth-order valence-electron chi connectivity index (χ4n) is 1.75. The summed E-state index contributed by atoms with van der Waals surface area (Å²) in [5.41, 5.74) is -0.0278. The molecule has 0 aliphatic rings. The number of nitro groups is 1. The molecule has 0 fully saturated rings. The van der Waals surface area contributed by atoms with Gasteiger partial charge in [-0.25, -0.2) is 0 Å². The first-order chi connectivity index (χ1) is 8.99. The number of fused-ring (bicyclic) bond motifs is 1. The van der Waals surface area contributed by atoms with Crippen molar-refractivity contribution >= 4 is 22.6 Å². The number of rotatable bonds is 4. The van der Waals surface area contributed by atoms with E-state index in [4.69, 9.17) is 4.74 Å². The highest BCUT2D eigenvalue weighted by atomic mass is 16.6. The van der Waals surface area contributed by atoms with Gasteiger partial charge in [0.15, 0.2) is 0 Å². The summed E-state index contributed by atoms with van der Waals surface area (Å²) in [6.07, 6.45) is 0. The fourth-order valence-corrected chi connectivity index (χ4v) is 1.75. The van der Waals surface area contributed by atoms with Crippen molar-refractivity contribution in [3.63, 3.8) is 0 Å². The van der Waals surface area contributed by atoms with Crippen LogP contribution in [0.15, 0.2) is 23.0 Å². The molecule has 100 valence electrons. The number of benzene rings is 1. The van der Waals surface area contributed by atoms with Crippen molar-refractivity contribution in [2.45, 2.75) is 13.5 Å². The van der Waals surface area contributed by atoms with Gasteiger partial charge in [0.05, 0.1) is 22.4 Å². The van der Waals surface area contributed by atoms with Crippen molar-refractivity contribution in [2.24, 2.45) is 0 Å². The minimum Gasteiger partial charge on any atom is -0.464 e. The predicted molar refractivity (Wildman–Crippen MR) is 65.8 cm³/mol. The molecule has 2 rings (SSSR count). The highest BCUT2D eigenvalue weighted by Crippen LogP contribution is 2.17. The number of carbonyl (C=O) groups excluding carboxylic acids is 1. The SMILES string of the molecule is CC(=O)OCCn1[nH]c(=O)c2cc([N+](=O)[O-])ccc21. The smallest absolute Gasteiger partial charge is 0.302 e. The Hall–Kier alpha value is -2.64. The summed E-state index contributed by atoms with van der Waals surface area (Å²) in [6.45, 7) is 1.68. The van der Waals surface area contributed by atoms with Crippen molar-refractivity contribution in [1.82, 2.24) is 9.78 Å². The number of aromatic nitrogens is 2. The van der Waals surface area contributed by atoms with Crippen LogP contribution < -0.4 is 5.56 Å². The van der Waals surface area contributed by atoms with Gasteiger partial charge in [0, 0.05) is 19.1 Å². The Labute approximate surface area is 106 Å². The van der Waals surface area contributed by atoms with Crippen LogP contribution in [-0.2, 0) is 16.1 Å². The summed E-state index contributed by atoms with van der Waals surface area (Å²) in [5, 5.41) is 13.4. The number of H-pyrrole nitrogens is 1. The molecule has 1 heterocycles. The lowest BCUT2D eigenvalue weighted by Crippen LogP contribution is -2.12. The third-order valence-electron chi connectivity index (χ3n) is 2.58. The molecule has 1 N–H and O–H groups in total. The van der Waals surface area contributed by atoms with Crippen molar-refractivity contribution in [2.75, 3.05) is 6.61 Å². The van der Waals surface area contributed by atoms with Crippen LogP contribution in [0.25, 0.3) is 10.9 Å². The number of non-ortho nitro benzene ring substituents is 1. The third-order valence-corrected chi connectivity index (χ3v) is 2.58. The summed E-state index contributed by atoms with van der Waals surface area (Å²) in [4.78, 5) is 32.4. The molecular formula is C11H11N3O5. The van der Waals surface area contributed by atoms with Gasteiger partial charge in [0.25, 0.3) is 11.2 Å². The summed E-state index contributed by atoms with van der Waals surface area (Å²) in [7, 11) is 0. The lowest BCUT2D eigenvalue weighted by molar-refractivity contribution is -0.384. The zero-order valence-electron chi connectivity index (χ0n) is 10.1. The van der Waals surface area contributed by atoms with Gasteiger partial charge in [-0.1, -0.05) is 0 Å². The average molecular weight is 265 g/mol. The van der Waals surface area contributed by atoms with Crippen LogP contribution in [-0.4, -0.2) is 27.3 Å². The second kappa shape index (κ2) is 4.92. The number of carbonyl (C=O) groups is 1. The molecule has 0 atom stereocenters. The standard InChI is InChI=1S/C11H11N3O5/c1-7(15)19-5-4-13-10-3-2-8(14(17)18)6-9(10)11(16)12-13/h2-3,6H,4-5H2,1H3,(H,12,16). The molecule has 0 aliphatic carbocycles. The van der Waals surface area contributed by atoms with Crippen molar-refractivity contribution in [3.8, 4) is 0 Å². The van der Waals surface area contributed by atoms with E-state index >= 15 is 0 Å². The van der Waals surface area contributed by atoms with Crippen LogP contribution in [0.3, 0.4) is 0 Å². The van der Waals surface area contributed by atoms with E-state index in [0.29, 0.717) is 5.52 Å². The van der Waals surface area contributed by atoms with Gasteiger partial charge in [0.2, 0.25) is 0 Å². The van der Waals surface area contributed by atoms with Gasteiger partial charge >= 0.3 is 5.97 Å². The normalized spacial score (nSPS) is 10.6. The van der Waals surface area contributed by atoms with E-state index in [1.54, 1.807) is 0 Å². The Morgan fingerprint density at radius 2 is 2.26 bits per heavy atom. The summed E-state index contributed by atoms with van der Waals surface area (Å²) in [5.74, 6) is -0.408. The highest BCUT2D eigenvalue weighted by Gasteiger charge is 2.12. The first-order valence-corrected chi connectivity index (χ1v) is 5.49. The van der Waals surface area contributed by atoms with Gasteiger partial charge in [-0.2, -0.15) is 0 Å². The number of hydrogen-bond donors (Lipinski definition) is 1. The molecule has 8 heteroatoms. The van der Waals surface area contributed by atoms with E-state index in [-0.39, 0.29) is 24.2 Å². The van der Waals surface area contributed by atoms with E-state index in [1.807, 2.05) is 0 Å². The topological polar surface area (TPSA) is 107 Å². The number of nitro benzene ring substituents is 1. The number of nitrogens with zero attached hydrogens (tertiary/aromatic N) is 2. The van der Waals surface area contributed by atoms with E-state index in [2.05, 4.69) is 5.10 Å². The summed E-state index contributed by atoms with van der Waals surface area (Å²) in [6, 6.07) is 4.02. The Kier molecular flexibility index (Phi) is 3.32. The Morgan fingerprint density at radius 1 is 1.53 bits per heavy atom. The molecule has 0 amide bonds. The molecule has 0 bridgehead atoms. The van der Waals surface area contributed by atoms with Crippen LogP contribution in [0.4, 0.5) is 5.69 Å². The van der Waals surface area contributed by atoms with Gasteiger partial charge in [-0.05, 0) is 6.07 Å². The second-order valence-corrected chi connectivity index (χ2v) is 3.89. The van der Waals surface area contributed by atoms with Crippen molar-refractivity contribution in [3.05, 3.63) is 38.7 Å². The molecule has 0 spiro atoms. The fraction of sp³-hybridized carbons (Fsp3) is 0.273. The van der Waals surface area contributed by atoms with Crippen molar-refractivity contribution < 1.29 is 14.5 Å². The molecule has 8 nitrogen and oxygen atoms in total. The maximum absolute atomic E-state index is 11.7. The minimum atomic E-state index is -0.560. The van der Waals surface area contributed by atoms with E-state index in [9.17, 15) is 19.7 Å². The number of nitrogens with one attached hydrogen (secondary N) is 1. The summed E-state index contributed by atoms with van der Waals surface area (Å²) < 4.78 is 6.27. The van der Waals surface area contributed by atoms with Crippen LogP contribution in [0.2, 0.25) is 0 Å². The van der Waals surface area contributed by atoms with Gasteiger partial charge in [-0.15, -0.1) is 0 Å². The average Bonchev–Trinajstić information content (AvgIpc) is 2.66. The molecule has 2 aromatic rings. The number of aromatic amines is 1. The predicted octanol–water partition coefficient (Wildman–Crippen LogP) is 0.801. The third kappa shape index (κ3) is 2.62. The number of hydrogen-bond acceptors (Lipinski definition) is 5. The molecule has 19 heavy (non-hydrogen) atoms. The summed E-state index contributed by atoms with van der Waals surface area (Å²) >= 11 is 0. The highest BCUT2D eigenvalue weighted by molar-refractivity contribution is 5.80. The maximum atomic E-state index is 11.7. The minimum absolute atomic E-state index is 0.117. The first-order valence-electron chi connectivity index (χ1n) is 5.49. The van der Waals surface area contributed by atoms with Crippen LogP contribution in [0, 0.1) is 10.1 Å². The molecule has 1 aromatic heterocycles. The molecular weight excluding hydrogens is 254 g/mol. The van der Waals surface area contributed by atoms with E-state index in [1.165, 1.54) is 29.8 Å². The Bertz CT molecular complexity index is 700. The number of esters is 1. The molecule has 0 aliphatic heterocycles. The van der Waals surface area contributed by atoms with Crippen LogP contribution in [0.5, 0.6) is 0 Å². The molecule has 1 aromatic carbocycles. The van der Waals surface area contributed by atoms with Gasteiger partial charge < -0.3 is 4.74 Å². The quantitative estimate of drug-likeness (QED) is 0.499. The molecule has 0 saturated heterocycles. The lowest BCUT2D eigenvalue weighted by Gasteiger charge is -2.04. The second-order valence-electron chi connectivity index (χ2n) is 3.89. The van der Waals surface area contributed by atoms with Gasteiger partial charge in [0.1, 0.15) is 6.61 Å². The monoisotopic (exact) mass is 265 g/mol. The molecule has 0 radical (unpaired) electrons. The molecule has 0 saturated carbocycles. The van der Waals surface area contributed by atoms with Crippen LogP contribution >= 0.6 is 0 Å². The van der Waals surface area contributed by atoms with E-state index < -0.39 is 16.5 Å².